The molecule has 0 aliphatic carbocycles. The Morgan fingerprint density at radius 3 is 2.19 bits per heavy atom. The minimum atomic E-state index is 0.0176. The van der Waals surface area contributed by atoms with Crippen LogP contribution in [0.4, 0.5) is 10.5 Å². The van der Waals surface area contributed by atoms with Crippen molar-refractivity contribution in [1.82, 2.24) is 4.90 Å². The second-order valence-electron chi connectivity index (χ2n) is 5.84. The fourth-order valence-corrected chi connectivity index (χ4v) is 2.70. The van der Waals surface area contributed by atoms with Crippen molar-refractivity contribution in [3.63, 3.8) is 0 Å². The lowest BCUT2D eigenvalue weighted by Gasteiger charge is -2.23. The number of hydrogen-bond donors (Lipinski definition) is 1. The normalized spacial score (nSPS) is 10.5. The van der Waals surface area contributed by atoms with Gasteiger partial charge in [-0.3, -0.25) is 0 Å². The van der Waals surface area contributed by atoms with Crippen molar-refractivity contribution in [1.29, 1.82) is 0 Å². The summed E-state index contributed by atoms with van der Waals surface area (Å²) >= 11 is 0. The zero-order chi connectivity index (χ0) is 15.8. The molecule has 21 heavy (non-hydrogen) atoms. The molecule has 0 atom stereocenters. The highest BCUT2D eigenvalue weighted by Crippen LogP contribution is 2.22. The van der Waals surface area contributed by atoms with Crippen molar-refractivity contribution in [3.05, 3.63) is 28.8 Å². The quantitative estimate of drug-likeness (QED) is 0.700. The van der Waals surface area contributed by atoms with Gasteiger partial charge >= 0.3 is 6.03 Å². The molecule has 1 aromatic carbocycles. The Morgan fingerprint density at radius 2 is 1.67 bits per heavy atom. The van der Waals surface area contributed by atoms with E-state index < -0.39 is 0 Å². The molecule has 0 radical (unpaired) electrons. The van der Waals surface area contributed by atoms with Gasteiger partial charge in [-0.2, -0.15) is 0 Å². The Kier molecular flexibility index (Phi) is 7.27. The van der Waals surface area contributed by atoms with Gasteiger partial charge in [0.1, 0.15) is 0 Å². The van der Waals surface area contributed by atoms with Gasteiger partial charge in [-0.15, -0.1) is 0 Å². The summed E-state index contributed by atoms with van der Waals surface area (Å²) in [6.45, 7) is 12.0. The third-order valence-electron chi connectivity index (χ3n) is 3.86. The van der Waals surface area contributed by atoms with E-state index in [1.165, 1.54) is 24.8 Å². The van der Waals surface area contributed by atoms with Crippen LogP contribution in [0.3, 0.4) is 0 Å². The molecule has 0 aliphatic rings. The number of nitrogens with one attached hydrogen (secondary N) is 1. The van der Waals surface area contributed by atoms with E-state index in [1.54, 1.807) is 0 Å². The lowest BCUT2D eigenvalue weighted by molar-refractivity contribution is 0.213. The van der Waals surface area contributed by atoms with Gasteiger partial charge in [-0.1, -0.05) is 43.9 Å². The third-order valence-corrected chi connectivity index (χ3v) is 3.86. The van der Waals surface area contributed by atoms with Crippen LogP contribution in [0.5, 0.6) is 0 Å². The number of carbonyl (C=O) groups excluding carboxylic acids is 1. The summed E-state index contributed by atoms with van der Waals surface area (Å²) in [7, 11) is 0. The zero-order valence-corrected chi connectivity index (χ0v) is 14.3. The molecule has 1 rings (SSSR count). The molecular formula is C18H30N2O. The number of anilines is 1. The van der Waals surface area contributed by atoms with Gasteiger partial charge < -0.3 is 10.2 Å². The molecule has 1 aromatic rings. The number of aryl methyl sites for hydroxylation is 3. The summed E-state index contributed by atoms with van der Waals surface area (Å²) in [5, 5.41) is 3.08. The van der Waals surface area contributed by atoms with Crippen molar-refractivity contribution >= 4 is 11.7 Å². The fourth-order valence-electron chi connectivity index (χ4n) is 2.70. The molecule has 0 aromatic heterocycles. The van der Waals surface area contributed by atoms with Crippen LogP contribution in [0, 0.1) is 20.8 Å². The van der Waals surface area contributed by atoms with Gasteiger partial charge in [-0.25, -0.2) is 4.79 Å². The first-order chi connectivity index (χ1) is 9.99. The molecular weight excluding hydrogens is 260 g/mol. The fraction of sp³-hybridized carbons (Fsp3) is 0.611. The van der Waals surface area contributed by atoms with Crippen molar-refractivity contribution in [2.45, 2.75) is 60.3 Å². The molecule has 3 nitrogen and oxygen atoms in total. The average Bonchev–Trinajstić information content (AvgIpc) is 2.42. The number of nitrogens with zero attached hydrogens (tertiary/aromatic N) is 1. The van der Waals surface area contributed by atoms with Crippen molar-refractivity contribution in [2.75, 3.05) is 18.4 Å². The first-order valence-corrected chi connectivity index (χ1v) is 8.13. The maximum atomic E-state index is 12.4. The SMILES string of the molecule is CCCCCCN(CC)C(=O)Nc1c(C)cc(C)cc1C. The van der Waals surface area contributed by atoms with Gasteiger partial charge in [-0.05, 0) is 45.2 Å². The topological polar surface area (TPSA) is 32.3 Å². The van der Waals surface area contributed by atoms with Crippen molar-refractivity contribution in [3.8, 4) is 0 Å². The van der Waals surface area contributed by atoms with Crippen LogP contribution in [0.1, 0.15) is 56.2 Å². The highest BCUT2D eigenvalue weighted by atomic mass is 16.2. The molecule has 0 bridgehead atoms. The van der Waals surface area contributed by atoms with Crippen LogP contribution in [0.15, 0.2) is 12.1 Å². The van der Waals surface area contributed by atoms with E-state index in [0.717, 1.165) is 36.3 Å². The standard InChI is InChI=1S/C18H30N2O/c1-6-8-9-10-11-20(7-2)18(21)19-17-15(4)12-14(3)13-16(17)5/h12-13H,6-11H2,1-5H3,(H,19,21). The molecule has 0 spiro atoms. The third kappa shape index (κ3) is 5.41. The number of urea groups is 1. The largest absolute Gasteiger partial charge is 0.325 e. The zero-order valence-electron chi connectivity index (χ0n) is 14.3. The molecule has 0 saturated heterocycles. The molecule has 1 N–H and O–H groups in total. The first-order valence-electron chi connectivity index (χ1n) is 8.13. The van der Waals surface area contributed by atoms with E-state index in [-0.39, 0.29) is 6.03 Å². The Hall–Kier alpha value is -1.51. The van der Waals surface area contributed by atoms with Crippen LogP contribution >= 0.6 is 0 Å². The highest BCUT2D eigenvalue weighted by molar-refractivity contribution is 5.91. The highest BCUT2D eigenvalue weighted by Gasteiger charge is 2.13. The summed E-state index contributed by atoms with van der Waals surface area (Å²) < 4.78 is 0. The van der Waals surface area contributed by atoms with Gasteiger partial charge in [0.2, 0.25) is 0 Å². The number of hydrogen-bond acceptors (Lipinski definition) is 1. The van der Waals surface area contributed by atoms with Crippen LogP contribution in [-0.2, 0) is 0 Å². The predicted molar refractivity (Wildman–Crippen MR) is 91.1 cm³/mol. The van der Waals surface area contributed by atoms with Crippen molar-refractivity contribution < 1.29 is 4.79 Å². The van der Waals surface area contributed by atoms with E-state index in [4.69, 9.17) is 0 Å². The number of amides is 2. The van der Waals surface area contributed by atoms with E-state index in [1.807, 2.05) is 25.7 Å². The minimum Gasteiger partial charge on any atom is -0.325 e. The second kappa shape index (κ2) is 8.71. The van der Waals surface area contributed by atoms with Gasteiger partial charge in [0.05, 0.1) is 0 Å². The van der Waals surface area contributed by atoms with E-state index in [0.29, 0.717) is 0 Å². The predicted octanol–water partition coefficient (Wildman–Crippen LogP) is 5.05. The van der Waals surface area contributed by atoms with E-state index in [2.05, 4.69) is 31.3 Å². The number of unbranched alkanes of at least 4 members (excludes halogenated alkanes) is 3. The van der Waals surface area contributed by atoms with Gasteiger partial charge in [0, 0.05) is 18.8 Å². The number of rotatable bonds is 7. The Balaban J connectivity index is 2.66. The maximum Gasteiger partial charge on any atom is 0.321 e. The summed E-state index contributed by atoms with van der Waals surface area (Å²) in [5.41, 5.74) is 4.44. The lowest BCUT2D eigenvalue weighted by Crippen LogP contribution is -2.35. The van der Waals surface area contributed by atoms with Crippen LogP contribution in [0.2, 0.25) is 0 Å². The Morgan fingerprint density at radius 1 is 1.05 bits per heavy atom. The number of benzene rings is 1. The summed E-state index contributed by atoms with van der Waals surface area (Å²) in [6, 6.07) is 4.24. The van der Waals surface area contributed by atoms with Crippen molar-refractivity contribution in [2.24, 2.45) is 0 Å². The van der Waals surface area contributed by atoms with Gasteiger partial charge in [0.25, 0.3) is 0 Å². The lowest BCUT2D eigenvalue weighted by atomic mass is 10.1. The maximum absolute atomic E-state index is 12.4. The average molecular weight is 290 g/mol. The summed E-state index contributed by atoms with van der Waals surface area (Å²) in [5.74, 6) is 0. The molecule has 0 unspecified atom stereocenters. The minimum absolute atomic E-state index is 0.0176. The van der Waals surface area contributed by atoms with Crippen LogP contribution < -0.4 is 5.32 Å². The Labute approximate surface area is 129 Å². The smallest absolute Gasteiger partial charge is 0.321 e. The molecule has 0 saturated carbocycles. The van der Waals surface area contributed by atoms with E-state index in [9.17, 15) is 4.79 Å². The summed E-state index contributed by atoms with van der Waals surface area (Å²) in [6.07, 6.45) is 4.75. The molecule has 3 heteroatoms. The first kappa shape index (κ1) is 17.5. The summed E-state index contributed by atoms with van der Waals surface area (Å²) in [4.78, 5) is 14.3. The van der Waals surface area contributed by atoms with Gasteiger partial charge in [0.15, 0.2) is 0 Å². The van der Waals surface area contributed by atoms with E-state index >= 15 is 0 Å². The molecule has 0 aliphatic heterocycles. The van der Waals surface area contributed by atoms with Crippen LogP contribution in [-0.4, -0.2) is 24.0 Å². The molecule has 118 valence electrons. The molecule has 2 amide bonds. The number of carbonyl (C=O) groups is 1. The monoisotopic (exact) mass is 290 g/mol. The van der Waals surface area contributed by atoms with Crippen LogP contribution in [0.25, 0.3) is 0 Å². The second-order valence-corrected chi connectivity index (χ2v) is 5.84. The molecule has 0 fully saturated rings. The molecule has 0 heterocycles. The Bertz CT molecular complexity index is 445.